The molecule has 0 fully saturated rings. The molecular formula is C11H9BrClN3O. The number of nitrogen functional groups attached to an aromatic ring is 1. The van der Waals surface area contributed by atoms with Gasteiger partial charge in [-0.25, -0.2) is 0 Å². The maximum Gasteiger partial charge on any atom is 0.214 e. The molecule has 0 amide bonds. The average molecular weight is 315 g/mol. The van der Waals surface area contributed by atoms with Crippen LogP contribution in [-0.2, 0) is 7.05 Å². The number of carbonyl (C=O) groups is 1. The monoisotopic (exact) mass is 313 g/mol. The van der Waals surface area contributed by atoms with Gasteiger partial charge in [-0.05, 0) is 18.2 Å². The number of aryl methyl sites for hydroxylation is 1. The van der Waals surface area contributed by atoms with Crippen molar-refractivity contribution in [3.05, 3.63) is 45.1 Å². The van der Waals surface area contributed by atoms with E-state index < -0.39 is 0 Å². The zero-order chi connectivity index (χ0) is 12.6. The Morgan fingerprint density at radius 3 is 2.82 bits per heavy atom. The molecule has 0 saturated heterocycles. The summed E-state index contributed by atoms with van der Waals surface area (Å²) in [5, 5.41) is 4.24. The molecule has 6 heteroatoms. The van der Waals surface area contributed by atoms with E-state index in [1.54, 1.807) is 25.2 Å². The van der Waals surface area contributed by atoms with Gasteiger partial charge in [-0.15, -0.1) is 0 Å². The highest BCUT2D eigenvalue weighted by Crippen LogP contribution is 2.24. The molecule has 0 radical (unpaired) electrons. The molecule has 17 heavy (non-hydrogen) atoms. The Hall–Kier alpha value is -1.33. The van der Waals surface area contributed by atoms with Crippen molar-refractivity contribution in [2.45, 2.75) is 0 Å². The third-order valence-electron chi connectivity index (χ3n) is 2.37. The van der Waals surface area contributed by atoms with Crippen LogP contribution in [0.3, 0.4) is 0 Å². The van der Waals surface area contributed by atoms with Gasteiger partial charge < -0.3 is 5.73 Å². The van der Waals surface area contributed by atoms with E-state index in [9.17, 15) is 4.79 Å². The molecule has 0 unspecified atom stereocenters. The topological polar surface area (TPSA) is 60.9 Å². The van der Waals surface area contributed by atoms with Gasteiger partial charge in [-0.2, -0.15) is 5.10 Å². The fourth-order valence-corrected chi connectivity index (χ4v) is 2.13. The van der Waals surface area contributed by atoms with Gasteiger partial charge in [0.2, 0.25) is 5.78 Å². The number of nitrogens with two attached hydrogens (primary N) is 1. The van der Waals surface area contributed by atoms with Gasteiger partial charge in [0.25, 0.3) is 0 Å². The van der Waals surface area contributed by atoms with E-state index in [1.807, 2.05) is 0 Å². The summed E-state index contributed by atoms with van der Waals surface area (Å²) in [7, 11) is 1.66. The van der Waals surface area contributed by atoms with Crippen molar-refractivity contribution in [2.24, 2.45) is 7.05 Å². The van der Waals surface area contributed by atoms with Gasteiger partial charge in [0, 0.05) is 22.8 Å². The largest absolute Gasteiger partial charge is 0.398 e. The smallest absolute Gasteiger partial charge is 0.214 e. The number of hydrogen-bond acceptors (Lipinski definition) is 3. The number of carbonyl (C=O) groups excluding carboxylic acids is 1. The molecule has 2 rings (SSSR count). The number of hydrogen-bond donors (Lipinski definition) is 1. The summed E-state index contributed by atoms with van der Waals surface area (Å²) in [6, 6.07) is 5.11. The van der Waals surface area contributed by atoms with Crippen LogP contribution >= 0.6 is 27.5 Å². The normalized spacial score (nSPS) is 10.5. The quantitative estimate of drug-likeness (QED) is 0.685. The Labute approximate surface area is 111 Å². The molecular weight excluding hydrogens is 305 g/mol. The first kappa shape index (κ1) is 12.1. The maximum absolute atomic E-state index is 12.3. The molecule has 1 heterocycles. The first-order valence-corrected chi connectivity index (χ1v) is 5.95. The molecule has 0 bridgehead atoms. The van der Waals surface area contributed by atoms with Crippen LogP contribution in [0.15, 0.2) is 28.9 Å². The third kappa shape index (κ3) is 2.21. The van der Waals surface area contributed by atoms with Crippen LogP contribution in [0.2, 0.25) is 5.02 Å². The van der Waals surface area contributed by atoms with Crippen molar-refractivity contribution in [1.29, 1.82) is 0 Å². The highest BCUT2D eigenvalue weighted by Gasteiger charge is 2.19. The first-order chi connectivity index (χ1) is 8.00. The number of benzene rings is 1. The van der Waals surface area contributed by atoms with Crippen molar-refractivity contribution >= 4 is 39.0 Å². The standard InChI is InChI=1S/C11H9BrClN3O/c1-16-10(8(13)5-15-16)11(17)7-4-6(12)2-3-9(7)14/h2-5H,14H2,1H3. The number of rotatable bonds is 2. The van der Waals surface area contributed by atoms with Crippen LogP contribution < -0.4 is 5.73 Å². The van der Waals surface area contributed by atoms with Crippen molar-refractivity contribution in [2.75, 3.05) is 5.73 Å². The van der Waals surface area contributed by atoms with Crippen molar-refractivity contribution in [1.82, 2.24) is 9.78 Å². The SMILES string of the molecule is Cn1ncc(Cl)c1C(=O)c1cc(Br)ccc1N. The number of nitrogens with zero attached hydrogens (tertiary/aromatic N) is 2. The molecule has 4 nitrogen and oxygen atoms in total. The summed E-state index contributed by atoms with van der Waals surface area (Å²) in [4.78, 5) is 12.3. The maximum atomic E-state index is 12.3. The van der Waals surface area contributed by atoms with E-state index in [-0.39, 0.29) is 5.78 Å². The average Bonchev–Trinajstić information content (AvgIpc) is 2.61. The highest BCUT2D eigenvalue weighted by molar-refractivity contribution is 9.10. The van der Waals surface area contributed by atoms with Crippen molar-refractivity contribution in [3.8, 4) is 0 Å². The van der Waals surface area contributed by atoms with Gasteiger partial charge in [-0.1, -0.05) is 27.5 Å². The summed E-state index contributed by atoms with van der Waals surface area (Å²) in [5.41, 5.74) is 6.93. The van der Waals surface area contributed by atoms with Crippen LogP contribution in [-0.4, -0.2) is 15.6 Å². The molecule has 0 atom stereocenters. The number of aromatic nitrogens is 2. The fraction of sp³-hybridized carbons (Fsp3) is 0.0909. The second-order valence-electron chi connectivity index (χ2n) is 3.53. The predicted molar refractivity (Wildman–Crippen MR) is 70.2 cm³/mol. The zero-order valence-electron chi connectivity index (χ0n) is 8.95. The zero-order valence-corrected chi connectivity index (χ0v) is 11.3. The lowest BCUT2D eigenvalue weighted by Crippen LogP contribution is -2.11. The molecule has 0 aliphatic carbocycles. The van der Waals surface area contributed by atoms with Crippen LogP contribution in [0.5, 0.6) is 0 Å². The summed E-state index contributed by atoms with van der Waals surface area (Å²) in [6.07, 6.45) is 1.43. The molecule has 0 saturated carbocycles. The molecule has 2 N–H and O–H groups in total. The highest BCUT2D eigenvalue weighted by atomic mass is 79.9. The fourth-order valence-electron chi connectivity index (χ4n) is 1.52. The van der Waals surface area contributed by atoms with E-state index in [2.05, 4.69) is 21.0 Å². The van der Waals surface area contributed by atoms with E-state index in [4.69, 9.17) is 17.3 Å². The third-order valence-corrected chi connectivity index (χ3v) is 3.14. The number of anilines is 1. The van der Waals surface area contributed by atoms with Gasteiger partial charge in [-0.3, -0.25) is 9.48 Å². The van der Waals surface area contributed by atoms with Gasteiger partial charge in [0.1, 0.15) is 5.69 Å². The van der Waals surface area contributed by atoms with E-state index in [0.717, 1.165) is 4.47 Å². The lowest BCUT2D eigenvalue weighted by atomic mass is 10.1. The Morgan fingerprint density at radius 1 is 1.53 bits per heavy atom. The molecule has 1 aromatic heterocycles. The Bertz CT molecular complexity index is 575. The minimum Gasteiger partial charge on any atom is -0.398 e. The van der Waals surface area contributed by atoms with Crippen LogP contribution in [0.25, 0.3) is 0 Å². The first-order valence-electron chi connectivity index (χ1n) is 4.78. The Balaban J connectivity index is 2.55. The summed E-state index contributed by atoms with van der Waals surface area (Å²) in [6.45, 7) is 0. The van der Waals surface area contributed by atoms with Crippen LogP contribution in [0.1, 0.15) is 16.1 Å². The van der Waals surface area contributed by atoms with E-state index >= 15 is 0 Å². The minimum absolute atomic E-state index is 0.242. The number of halogens is 2. The van der Waals surface area contributed by atoms with Crippen LogP contribution in [0.4, 0.5) is 5.69 Å². The minimum atomic E-state index is -0.242. The van der Waals surface area contributed by atoms with Crippen molar-refractivity contribution < 1.29 is 4.79 Å². The molecule has 88 valence electrons. The summed E-state index contributed by atoms with van der Waals surface area (Å²) >= 11 is 9.23. The second-order valence-corrected chi connectivity index (χ2v) is 4.85. The molecule has 1 aromatic carbocycles. The lowest BCUT2D eigenvalue weighted by Gasteiger charge is -2.06. The van der Waals surface area contributed by atoms with Crippen molar-refractivity contribution in [3.63, 3.8) is 0 Å². The van der Waals surface area contributed by atoms with Gasteiger partial charge in [0.15, 0.2) is 0 Å². The number of ketones is 1. The van der Waals surface area contributed by atoms with E-state index in [0.29, 0.717) is 22.0 Å². The summed E-state index contributed by atoms with van der Waals surface area (Å²) < 4.78 is 2.22. The second kappa shape index (κ2) is 4.50. The van der Waals surface area contributed by atoms with Gasteiger partial charge >= 0.3 is 0 Å². The predicted octanol–water partition coefficient (Wildman–Crippen LogP) is 2.65. The van der Waals surface area contributed by atoms with Crippen LogP contribution in [0, 0.1) is 0 Å². The molecule has 0 spiro atoms. The lowest BCUT2D eigenvalue weighted by molar-refractivity contribution is 0.103. The molecule has 2 aromatic rings. The Morgan fingerprint density at radius 2 is 2.24 bits per heavy atom. The molecule has 0 aliphatic heterocycles. The Kier molecular flexibility index (Phi) is 3.22. The van der Waals surface area contributed by atoms with Gasteiger partial charge in [0.05, 0.1) is 11.2 Å². The van der Waals surface area contributed by atoms with E-state index in [1.165, 1.54) is 10.9 Å². The molecule has 0 aliphatic rings. The summed E-state index contributed by atoms with van der Waals surface area (Å²) in [5.74, 6) is -0.242.